The number of hydrogen-bond donors (Lipinski definition) is 2. The molecule has 2 heterocycles. The Kier molecular flexibility index (Phi) is 5.20. The van der Waals surface area contributed by atoms with Crippen LogP contribution in [0.2, 0.25) is 0 Å². The van der Waals surface area contributed by atoms with Crippen LogP contribution in [0.5, 0.6) is 0 Å². The molecule has 1 aromatic carbocycles. The number of aromatic nitrogens is 2. The number of carbonyl (C=O) groups excluding carboxylic acids is 2. The number of piperazine rings is 1. The summed E-state index contributed by atoms with van der Waals surface area (Å²) in [5.74, 6) is 0.552. The van der Waals surface area contributed by atoms with Crippen molar-refractivity contribution < 1.29 is 9.59 Å². The molecule has 1 saturated heterocycles. The van der Waals surface area contributed by atoms with E-state index < -0.39 is 0 Å². The van der Waals surface area contributed by atoms with Gasteiger partial charge in [0, 0.05) is 44.3 Å². The van der Waals surface area contributed by atoms with Crippen molar-refractivity contribution in [1.82, 2.24) is 25.3 Å². The monoisotopic (exact) mass is 367 g/mol. The van der Waals surface area contributed by atoms with E-state index in [0.717, 1.165) is 11.3 Å². The minimum atomic E-state index is -0.0219. The van der Waals surface area contributed by atoms with Crippen LogP contribution in [0.15, 0.2) is 36.4 Å². The molecule has 7 heteroatoms. The maximum absolute atomic E-state index is 12.6. The van der Waals surface area contributed by atoms with E-state index in [9.17, 15) is 9.59 Å². The minimum Gasteiger partial charge on any atom is -0.351 e. The number of hydrogen-bond acceptors (Lipinski definition) is 4. The maximum Gasteiger partial charge on any atom is 0.274 e. The number of benzene rings is 1. The third-order valence-corrected chi connectivity index (χ3v) is 5.19. The molecule has 4 rings (SSSR count). The van der Waals surface area contributed by atoms with Gasteiger partial charge in [-0.1, -0.05) is 30.3 Å². The molecule has 0 bridgehead atoms. The van der Waals surface area contributed by atoms with Crippen LogP contribution in [-0.4, -0.2) is 64.5 Å². The van der Waals surface area contributed by atoms with E-state index in [1.54, 1.807) is 0 Å². The zero-order valence-corrected chi connectivity index (χ0v) is 15.4. The molecule has 27 heavy (non-hydrogen) atoms. The van der Waals surface area contributed by atoms with Gasteiger partial charge >= 0.3 is 0 Å². The second-order valence-corrected chi connectivity index (χ2v) is 7.31. The summed E-state index contributed by atoms with van der Waals surface area (Å²) in [6.07, 6.45) is 2.36. The summed E-state index contributed by atoms with van der Waals surface area (Å²) in [5, 5.41) is 10.1. The number of carbonyl (C=O) groups is 2. The van der Waals surface area contributed by atoms with Gasteiger partial charge < -0.3 is 10.2 Å². The van der Waals surface area contributed by atoms with E-state index in [0.29, 0.717) is 50.9 Å². The first-order valence-electron chi connectivity index (χ1n) is 9.56. The Morgan fingerprint density at radius 2 is 1.85 bits per heavy atom. The van der Waals surface area contributed by atoms with Crippen molar-refractivity contribution in [1.29, 1.82) is 0 Å². The normalized spacial score (nSPS) is 17.7. The Balaban J connectivity index is 1.21. The van der Waals surface area contributed by atoms with Crippen LogP contribution < -0.4 is 5.32 Å². The third kappa shape index (κ3) is 4.54. The molecule has 2 N–H and O–H groups in total. The predicted molar refractivity (Wildman–Crippen MR) is 101 cm³/mol. The lowest BCUT2D eigenvalue weighted by molar-refractivity contribution is -0.122. The average Bonchev–Trinajstić information content (AvgIpc) is 3.44. The quantitative estimate of drug-likeness (QED) is 0.808. The molecule has 0 atom stereocenters. The van der Waals surface area contributed by atoms with Crippen molar-refractivity contribution in [3.8, 4) is 0 Å². The molecule has 0 radical (unpaired) electrons. The highest BCUT2D eigenvalue weighted by molar-refractivity contribution is 5.92. The Hall–Kier alpha value is -2.67. The topological polar surface area (TPSA) is 81.3 Å². The van der Waals surface area contributed by atoms with E-state index in [1.807, 2.05) is 41.3 Å². The van der Waals surface area contributed by atoms with E-state index in [1.165, 1.54) is 12.8 Å². The molecular formula is C20H25N5O2. The number of rotatable bonds is 6. The largest absolute Gasteiger partial charge is 0.351 e. The van der Waals surface area contributed by atoms with Gasteiger partial charge in [0.25, 0.3) is 5.91 Å². The number of H-pyrrole nitrogens is 1. The molecule has 2 aromatic rings. The zero-order valence-electron chi connectivity index (χ0n) is 15.4. The van der Waals surface area contributed by atoms with Crippen LogP contribution in [0.3, 0.4) is 0 Å². The van der Waals surface area contributed by atoms with E-state index in [-0.39, 0.29) is 11.8 Å². The maximum atomic E-state index is 12.6. The summed E-state index contributed by atoms with van der Waals surface area (Å²) in [4.78, 5) is 28.6. The average molecular weight is 367 g/mol. The number of amides is 2. The van der Waals surface area contributed by atoms with Crippen molar-refractivity contribution in [2.75, 3.05) is 32.7 Å². The Morgan fingerprint density at radius 1 is 1.11 bits per heavy atom. The van der Waals surface area contributed by atoms with Crippen molar-refractivity contribution in [2.45, 2.75) is 25.3 Å². The van der Waals surface area contributed by atoms with Gasteiger partial charge in [-0.15, -0.1) is 0 Å². The molecule has 0 spiro atoms. The molecule has 1 saturated carbocycles. The lowest BCUT2D eigenvalue weighted by atomic mass is 10.2. The molecule has 2 aliphatic rings. The first-order valence-corrected chi connectivity index (χ1v) is 9.56. The minimum absolute atomic E-state index is 0.0139. The molecule has 1 aliphatic carbocycles. The van der Waals surface area contributed by atoms with Crippen LogP contribution in [0.4, 0.5) is 0 Å². The van der Waals surface area contributed by atoms with Crippen molar-refractivity contribution >= 4 is 11.8 Å². The van der Waals surface area contributed by atoms with Crippen LogP contribution in [-0.2, 0) is 11.3 Å². The summed E-state index contributed by atoms with van der Waals surface area (Å²) in [7, 11) is 0. The van der Waals surface area contributed by atoms with Gasteiger partial charge in [0.1, 0.15) is 5.69 Å². The third-order valence-electron chi connectivity index (χ3n) is 5.19. The summed E-state index contributed by atoms with van der Waals surface area (Å²) in [6.45, 7) is 3.55. The van der Waals surface area contributed by atoms with Gasteiger partial charge in [0.2, 0.25) is 5.91 Å². The summed E-state index contributed by atoms with van der Waals surface area (Å²) < 4.78 is 0. The molecule has 0 unspecified atom stereocenters. The number of aromatic amines is 1. The van der Waals surface area contributed by atoms with E-state index in [4.69, 9.17) is 0 Å². The van der Waals surface area contributed by atoms with Crippen LogP contribution in [0, 0.1) is 0 Å². The standard InChI is InChI=1S/C20H25N5O2/c26-19(21-13-15-4-2-1-3-5-15)14-24-8-10-25(11-9-24)20(27)18-12-17(22-23-18)16-6-7-16/h1-5,12,16H,6-11,13-14H2,(H,21,26)(H,22,23). The molecule has 142 valence electrons. The lowest BCUT2D eigenvalue weighted by Crippen LogP contribution is -2.51. The van der Waals surface area contributed by atoms with Crippen LogP contribution >= 0.6 is 0 Å². The zero-order chi connectivity index (χ0) is 18.6. The number of nitrogens with one attached hydrogen (secondary N) is 2. The second-order valence-electron chi connectivity index (χ2n) is 7.31. The Morgan fingerprint density at radius 3 is 2.56 bits per heavy atom. The molecule has 7 nitrogen and oxygen atoms in total. The Labute approximate surface area is 158 Å². The molecule has 2 fully saturated rings. The van der Waals surface area contributed by atoms with Gasteiger partial charge in [0.05, 0.1) is 6.54 Å². The lowest BCUT2D eigenvalue weighted by Gasteiger charge is -2.33. The molecule has 1 aliphatic heterocycles. The highest BCUT2D eigenvalue weighted by Gasteiger charge is 2.29. The fourth-order valence-electron chi connectivity index (χ4n) is 3.38. The summed E-state index contributed by atoms with van der Waals surface area (Å²) in [5.41, 5.74) is 2.67. The van der Waals surface area contributed by atoms with Gasteiger partial charge in [0.15, 0.2) is 0 Å². The predicted octanol–water partition coefficient (Wildman–Crippen LogP) is 1.36. The first-order chi connectivity index (χ1) is 13.2. The SMILES string of the molecule is O=C(CN1CCN(C(=O)c2cc(C3CC3)[nH]n2)CC1)NCc1ccccc1. The van der Waals surface area contributed by atoms with Gasteiger partial charge in [-0.2, -0.15) is 5.10 Å². The first kappa shape index (κ1) is 17.7. The fraction of sp³-hybridized carbons (Fsp3) is 0.450. The van der Waals surface area contributed by atoms with Crippen molar-refractivity contribution in [3.05, 3.63) is 53.3 Å². The second kappa shape index (κ2) is 7.92. The van der Waals surface area contributed by atoms with E-state index >= 15 is 0 Å². The van der Waals surface area contributed by atoms with Gasteiger partial charge in [-0.05, 0) is 24.5 Å². The van der Waals surface area contributed by atoms with E-state index in [2.05, 4.69) is 20.4 Å². The molecule has 2 amide bonds. The van der Waals surface area contributed by atoms with Crippen LogP contribution in [0.1, 0.15) is 40.5 Å². The summed E-state index contributed by atoms with van der Waals surface area (Å²) in [6, 6.07) is 11.8. The summed E-state index contributed by atoms with van der Waals surface area (Å²) >= 11 is 0. The molecular weight excluding hydrogens is 342 g/mol. The van der Waals surface area contributed by atoms with Gasteiger partial charge in [-0.25, -0.2) is 0 Å². The van der Waals surface area contributed by atoms with Crippen molar-refractivity contribution in [2.24, 2.45) is 0 Å². The highest BCUT2D eigenvalue weighted by Crippen LogP contribution is 2.39. The highest BCUT2D eigenvalue weighted by atomic mass is 16.2. The van der Waals surface area contributed by atoms with Gasteiger partial charge in [-0.3, -0.25) is 19.6 Å². The number of nitrogens with zero attached hydrogens (tertiary/aromatic N) is 3. The fourth-order valence-corrected chi connectivity index (χ4v) is 3.38. The Bertz CT molecular complexity index is 792. The molecule has 1 aromatic heterocycles. The smallest absolute Gasteiger partial charge is 0.274 e. The van der Waals surface area contributed by atoms with Crippen molar-refractivity contribution in [3.63, 3.8) is 0 Å². The van der Waals surface area contributed by atoms with Crippen LogP contribution in [0.25, 0.3) is 0 Å².